The molecule has 0 saturated carbocycles. The molecule has 84 valence electrons. The molecule has 0 fully saturated rings. The Labute approximate surface area is 84.8 Å². The Bertz CT molecular complexity index is 370. The van der Waals surface area contributed by atoms with Crippen LogP contribution in [0.3, 0.4) is 0 Å². The van der Waals surface area contributed by atoms with Gasteiger partial charge in [0.1, 0.15) is 0 Å². The number of aromatic nitrogens is 2. The monoisotopic (exact) mass is 220 g/mol. The smallest absolute Gasteiger partial charge is 0.375 e. The Hall–Kier alpha value is -1.04. The van der Waals surface area contributed by atoms with Crippen LogP contribution in [0.4, 0.5) is 13.2 Å². The van der Waals surface area contributed by atoms with E-state index in [2.05, 4.69) is 5.10 Å². The number of alkyl halides is 3. The van der Waals surface area contributed by atoms with Crippen LogP contribution >= 0.6 is 0 Å². The summed E-state index contributed by atoms with van der Waals surface area (Å²) in [5.41, 5.74) is 0.120. The predicted molar refractivity (Wildman–Crippen MR) is 46.3 cm³/mol. The topological polar surface area (TPSA) is 27.1 Å². The van der Waals surface area contributed by atoms with E-state index < -0.39 is 11.9 Å². The number of ether oxygens (including phenoxy) is 1. The zero-order chi connectivity index (χ0) is 11.1. The van der Waals surface area contributed by atoms with Crippen molar-refractivity contribution in [3.8, 4) is 0 Å². The molecule has 1 aromatic rings. The lowest BCUT2D eigenvalue weighted by Crippen LogP contribution is -2.15. The van der Waals surface area contributed by atoms with Crippen molar-refractivity contribution in [2.75, 3.05) is 6.61 Å². The second-order valence-electron chi connectivity index (χ2n) is 3.39. The first-order chi connectivity index (χ1) is 7.04. The molecule has 2 rings (SSSR count). The molecule has 0 atom stereocenters. The van der Waals surface area contributed by atoms with Crippen molar-refractivity contribution in [1.29, 1.82) is 0 Å². The van der Waals surface area contributed by atoms with Gasteiger partial charge in [-0.2, -0.15) is 18.3 Å². The minimum atomic E-state index is -4.36. The van der Waals surface area contributed by atoms with Gasteiger partial charge in [0.2, 0.25) is 0 Å². The fourth-order valence-corrected chi connectivity index (χ4v) is 1.79. The van der Waals surface area contributed by atoms with Gasteiger partial charge in [0.05, 0.1) is 18.9 Å². The Kier molecular flexibility index (Phi) is 2.46. The molecule has 0 bridgehead atoms. The highest BCUT2D eigenvalue weighted by atomic mass is 19.4. The first kappa shape index (κ1) is 10.5. The molecule has 6 heteroatoms. The number of nitrogens with zero attached hydrogens (tertiary/aromatic N) is 2. The fraction of sp³-hybridized carbons (Fsp3) is 0.667. The van der Waals surface area contributed by atoms with Crippen molar-refractivity contribution in [3.05, 3.63) is 17.0 Å². The summed E-state index contributed by atoms with van der Waals surface area (Å²) in [5, 5.41) is 3.59. The van der Waals surface area contributed by atoms with E-state index >= 15 is 0 Å². The zero-order valence-corrected chi connectivity index (χ0v) is 8.26. The molecule has 0 amide bonds. The Morgan fingerprint density at radius 1 is 1.47 bits per heavy atom. The van der Waals surface area contributed by atoms with E-state index in [0.717, 1.165) is 0 Å². The molecule has 1 aliphatic heterocycles. The van der Waals surface area contributed by atoms with Crippen LogP contribution in [0, 0.1) is 0 Å². The number of fused-ring (bicyclic) bond motifs is 1. The SMILES string of the molecule is CCn1nc(C(F)(F)F)c2c1COCC2. The van der Waals surface area contributed by atoms with E-state index in [-0.39, 0.29) is 6.61 Å². The summed E-state index contributed by atoms with van der Waals surface area (Å²) >= 11 is 0. The van der Waals surface area contributed by atoms with Gasteiger partial charge in [-0.15, -0.1) is 0 Å². The molecule has 0 aliphatic carbocycles. The lowest BCUT2D eigenvalue weighted by atomic mass is 10.1. The van der Waals surface area contributed by atoms with Crippen molar-refractivity contribution >= 4 is 0 Å². The number of halogens is 3. The average Bonchev–Trinajstić information content (AvgIpc) is 2.55. The van der Waals surface area contributed by atoms with E-state index in [1.54, 1.807) is 6.92 Å². The fourth-order valence-electron chi connectivity index (χ4n) is 1.79. The van der Waals surface area contributed by atoms with Gasteiger partial charge in [-0.1, -0.05) is 0 Å². The van der Waals surface area contributed by atoms with Gasteiger partial charge in [0.15, 0.2) is 5.69 Å². The normalized spacial score (nSPS) is 16.5. The van der Waals surface area contributed by atoms with Gasteiger partial charge in [-0.3, -0.25) is 4.68 Å². The molecular formula is C9H11F3N2O. The Morgan fingerprint density at radius 3 is 2.80 bits per heavy atom. The minimum absolute atomic E-state index is 0.228. The summed E-state index contributed by atoms with van der Waals surface area (Å²) in [6.45, 7) is 2.77. The van der Waals surface area contributed by atoms with E-state index in [1.165, 1.54) is 4.68 Å². The van der Waals surface area contributed by atoms with Gasteiger partial charge in [0.25, 0.3) is 0 Å². The first-order valence-corrected chi connectivity index (χ1v) is 4.77. The van der Waals surface area contributed by atoms with Crippen molar-refractivity contribution in [3.63, 3.8) is 0 Å². The van der Waals surface area contributed by atoms with Gasteiger partial charge >= 0.3 is 6.18 Å². The van der Waals surface area contributed by atoms with Crippen LogP contribution in [-0.4, -0.2) is 16.4 Å². The lowest BCUT2D eigenvalue weighted by molar-refractivity contribution is -0.142. The molecule has 0 spiro atoms. The van der Waals surface area contributed by atoms with Gasteiger partial charge in [-0.25, -0.2) is 0 Å². The Balaban J connectivity index is 2.52. The average molecular weight is 220 g/mol. The maximum Gasteiger partial charge on any atom is 0.435 e. The molecule has 2 heterocycles. The third kappa shape index (κ3) is 1.73. The second-order valence-corrected chi connectivity index (χ2v) is 3.39. The molecule has 15 heavy (non-hydrogen) atoms. The highest BCUT2D eigenvalue weighted by Gasteiger charge is 2.39. The summed E-state index contributed by atoms with van der Waals surface area (Å²) in [6.07, 6.45) is -4.06. The zero-order valence-electron chi connectivity index (χ0n) is 8.26. The molecular weight excluding hydrogens is 209 g/mol. The van der Waals surface area contributed by atoms with E-state index in [4.69, 9.17) is 4.74 Å². The van der Waals surface area contributed by atoms with Crippen molar-refractivity contribution in [1.82, 2.24) is 9.78 Å². The van der Waals surface area contributed by atoms with Crippen LogP contribution in [0.15, 0.2) is 0 Å². The van der Waals surface area contributed by atoms with Gasteiger partial charge in [0, 0.05) is 12.1 Å². The maximum absolute atomic E-state index is 12.6. The van der Waals surface area contributed by atoms with Crippen LogP contribution in [0.1, 0.15) is 23.9 Å². The van der Waals surface area contributed by atoms with E-state index in [0.29, 0.717) is 30.8 Å². The standard InChI is InChI=1S/C9H11F3N2O/c1-2-14-7-5-15-4-3-6(7)8(13-14)9(10,11)12/h2-5H2,1H3. The maximum atomic E-state index is 12.6. The molecule has 3 nitrogen and oxygen atoms in total. The van der Waals surface area contributed by atoms with E-state index in [9.17, 15) is 13.2 Å². The third-order valence-corrected chi connectivity index (χ3v) is 2.47. The number of rotatable bonds is 1. The molecule has 0 unspecified atom stereocenters. The van der Waals surface area contributed by atoms with Crippen LogP contribution in [0.2, 0.25) is 0 Å². The van der Waals surface area contributed by atoms with Crippen molar-refractivity contribution < 1.29 is 17.9 Å². The summed E-state index contributed by atoms with van der Waals surface area (Å²) in [5.74, 6) is 0. The highest BCUT2D eigenvalue weighted by molar-refractivity contribution is 5.29. The van der Waals surface area contributed by atoms with Gasteiger partial charge < -0.3 is 4.74 Å². The molecule has 0 radical (unpaired) electrons. The third-order valence-electron chi connectivity index (χ3n) is 2.47. The van der Waals surface area contributed by atoms with Crippen LogP contribution < -0.4 is 0 Å². The lowest BCUT2D eigenvalue weighted by Gasteiger charge is -2.14. The number of aryl methyl sites for hydroxylation is 1. The Morgan fingerprint density at radius 2 is 2.20 bits per heavy atom. The quantitative estimate of drug-likeness (QED) is 0.723. The summed E-state index contributed by atoms with van der Waals surface area (Å²) in [4.78, 5) is 0. The van der Waals surface area contributed by atoms with Crippen molar-refractivity contribution in [2.24, 2.45) is 0 Å². The molecule has 1 aliphatic rings. The number of hydrogen-bond donors (Lipinski definition) is 0. The summed E-state index contributed by atoms with van der Waals surface area (Å²) < 4.78 is 44.3. The summed E-state index contributed by atoms with van der Waals surface area (Å²) in [6, 6.07) is 0. The van der Waals surface area contributed by atoms with Crippen LogP contribution in [0.5, 0.6) is 0 Å². The first-order valence-electron chi connectivity index (χ1n) is 4.77. The van der Waals surface area contributed by atoms with E-state index in [1.807, 2.05) is 0 Å². The van der Waals surface area contributed by atoms with Gasteiger partial charge in [-0.05, 0) is 13.3 Å². The predicted octanol–water partition coefficient (Wildman–Crippen LogP) is 1.99. The van der Waals surface area contributed by atoms with Crippen molar-refractivity contribution in [2.45, 2.75) is 32.7 Å². The molecule has 0 N–H and O–H groups in total. The largest absolute Gasteiger partial charge is 0.435 e. The highest BCUT2D eigenvalue weighted by Crippen LogP contribution is 2.34. The van der Waals surface area contributed by atoms with Crippen LogP contribution in [-0.2, 0) is 30.5 Å². The van der Waals surface area contributed by atoms with Crippen LogP contribution in [0.25, 0.3) is 0 Å². The second kappa shape index (κ2) is 3.52. The summed E-state index contributed by atoms with van der Waals surface area (Å²) in [7, 11) is 0. The molecule has 0 aromatic carbocycles. The molecule has 1 aromatic heterocycles. The number of hydrogen-bond acceptors (Lipinski definition) is 2. The molecule has 0 saturated heterocycles. The minimum Gasteiger partial charge on any atom is -0.375 e.